The molecule has 0 spiro atoms. The minimum Gasteiger partial charge on any atom is -0.488 e. The lowest BCUT2D eigenvalue weighted by Crippen LogP contribution is -2.02. The Morgan fingerprint density at radius 1 is 1.16 bits per heavy atom. The summed E-state index contributed by atoms with van der Waals surface area (Å²) in [5, 5.41) is 0. The van der Waals surface area contributed by atoms with E-state index in [2.05, 4.69) is 0 Å². The molecule has 0 N–H and O–H groups in total. The zero-order valence-electron chi connectivity index (χ0n) is 10.9. The van der Waals surface area contributed by atoms with Gasteiger partial charge in [0.15, 0.2) is 5.78 Å². The number of ketones is 1. The third-order valence-corrected chi connectivity index (χ3v) is 2.82. The van der Waals surface area contributed by atoms with Crippen LogP contribution in [0.15, 0.2) is 42.5 Å². The van der Waals surface area contributed by atoms with Crippen molar-refractivity contribution in [2.24, 2.45) is 0 Å². The van der Waals surface area contributed by atoms with Crippen molar-refractivity contribution < 1.29 is 13.9 Å². The highest BCUT2D eigenvalue weighted by atomic mass is 19.1. The van der Waals surface area contributed by atoms with Gasteiger partial charge in [-0.1, -0.05) is 23.8 Å². The Morgan fingerprint density at radius 3 is 2.47 bits per heavy atom. The molecule has 0 radical (unpaired) electrons. The van der Waals surface area contributed by atoms with Gasteiger partial charge in [-0.05, 0) is 43.7 Å². The highest BCUT2D eigenvalue weighted by molar-refractivity contribution is 5.97. The maximum Gasteiger partial charge on any atom is 0.163 e. The molecule has 98 valence electrons. The van der Waals surface area contributed by atoms with Crippen LogP contribution in [0.5, 0.6) is 5.75 Å². The Balaban J connectivity index is 2.15. The summed E-state index contributed by atoms with van der Waals surface area (Å²) in [6.45, 7) is 3.75. The first kappa shape index (κ1) is 13.3. The molecule has 0 unspecified atom stereocenters. The Morgan fingerprint density at radius 2 is 1.84 bits per heavy atom. The predicted octanol–water partition coefficient (Wildman–Crippen LogP) is 3.92. The summed E-state index contributed by atoms with van der Waals surface area (Å²) < 4.78 is 18.4. The van der Waals surface area contributed by atoms with Crippen LogP contribution in [0.2, 0.25) is 0 Å². The fourth-order valence-electron chi connectivity index (χ4n) is 1.79. The van der Waals surface area contributed by atoms with Crippen LogP contribution < -0.4 is 4.74 Å². The molecular formula is C16H15FO2. The van der Waals surface area contributed by atoms with Crippen molar-refractivity contribution in [3.63, 3.8) is 0 Å². The third-order valence-electron chi connectivity index (χ3n) is 2.82. The number of Topliss-reactive ketones (excluding diaryl/α,β-unsaturated/α-hetero) is 1. The van der Waals surface area contributed by atoms with Crippen molar-refractivity contribution in [3.8, 4) is 5.75 Å². The van der Waals surface area contributed by atoms with Crippen LogP contribution >= 0.6 is 0 Å². The van der Waals surface area contributed by atoms with E-state index in [0.717, 1.165) is 11.1 Å². The lowest BCUT2D eigenvalue weighted by molar-refractivity contribution is 0.101. The molecule has 0 aromatic heterocycles. The van der Waals surface area contributed by atoms with E-state index in [1.807, 2.05) is 19.1 Å². The van der Waals surface area contributed by atoms with E-state index >= 15 is 0 Å². The first-order valence-corrected chi connectivity index (χ1v) is 6.05. The average molecular weight is 258 g/mol. The SMILES string of the molecule is CC(=O)c1cc(C)ccc1OCc1ccc(F)cc1. The molecular weight excluding hydrogens is 243 g/mol. The second-order valence-corrected chi connectivity index (χ2v) is 4.47. The van der Waals surface area contributed by atoms with Gasteiger partial charge in [0.25, 0.3) is 0 Å². The minimum atomic E-state index is -0.275. The van der Waals surface area contributed by atoms with Gasteiger partial charge in [-0.25, -0.2) is 4.39 Å². The van der Waals surface area contributed by atoms with E-state index < -0.39 is 0 Å². The molecule has 19 heavy (non-hydrogen) atoms. The monoisotopic (exact) mass is 258 g/mol. The first-order valence-electron chi connectivity index (χ1n) is 6.05. The average Bonchev–Trinajstić information content (AvgIpc) is 2.39. The van der Waals surface area contributed by atoms with Gasteiger partial charge in [-0.2, -0.15) is 0 Å². The van der Waals surface area contributed by atoms with Crippen LogP contribution in [0.3, 0.4) is 0 Å². The molecule has 2 aromatic carbocycles. The molecule has 0 aliphatic rings. The molecule has 2 aromatic rings. The van der Waals surface area contributed by atoms with E-state index in [9.17, 15) is 9.18 Å². The van der Waals surface area contributed by atoms with Crippen molar-refractivity contribution in [2.45, 2.75) is 20.5 Å². The second kappa shape index (κ2) is 5.65. The Labute approximate surface area is 111 Å². The second-order valence-electron chi connectivity index (χ2n) is 4.47. The lowest BCUT2D eigenvalue weighted by atomic mass is 10.1. The van der Waals surface area contributed by atoms with E-state index in [-0.39, 0.29) is 11.6 Å². The van der Waals surface area contributed by atoms with Crippen molar-refractivity contribution in [2.75, 3.05) is 0 Å². The number of benzene rings is 2. The summed E-state index contributed by atoms with van der Waals surface area (Å²) in [5.74, 6) is 0.253. The van der Waals surface area contributed by atoms with Crippen molar-refractivity contribution in [3.05, 3.63) is 65.0 Å². The molecule has 0 saturated heterocycles. The maximum atomic E-state index is 12.8. The first-order chi connectivity index (χ1) is 9.06. The number of hydrogen-bond acceptors (Lipinski definition) is 2. The molecule has 0 fully saturated rings. The molecule has 3 heteroatoms. The molecule has 0 saturated carbocycles. The largest absolute Gasteiger partial charge is 0.488 e. The normalized spacial score (nSPS) is 10.3. The Hall–Kier alpha value is -2.16. The summed E-state index contributed by atoms with van der Waals surface area (Å²) in [7, 11) is 0. The molecule has 0 atom stereocenters. The third kappa shape index (κ3) is 3.41. The molecule has 2 rings (SSSR count). The zero-order valence-corrected chi connectivity index (χ0v) is 10.9. The van der Waals surface area contributed by atoms with Crippen LogP contribution in [0.4, 0.5) is 4.39 Å². The summed E-state index contributed by atoms with van der Waals surface area (Å²) in [6.07, 6.45) is 0. The van der Waals surface area contributed by atoms with Gasteiger partial charge >= 0.3 is 0 Å². The van der Waals surface area contributed by atoms with Crippen LogP contribution in [-0.2, 0) is 6.61 Å². The van der Waals surface area contributed by atoms with E-state index in [1.54, 1.807) is 18.2 Å². The van der Waals surface area contributed by atoms with Crippen molar-refractivity contribution in [1.82, 2.24) is 0 Å². The fourth-order valence-corrected chi connectivity index (χ4v) is 1.79. The summed E-state index contributed by atoms with van der Waals surface area (Å²) in [6, 6.07) is 11.6. The Kier molecular flexibility index (Phi) is 3.95. The number of hydrogen-bond donors (Lipinski definition) is 0. The minimum absolute atomic E-state index is 0.0298. The number of ether oxygens (including phenoxy) is 1. The topological polar surface area (TPSA) is 26.3 Å². The van der Waals surface area contributed by atoms with Crippen molar-refractivity contribution in [1.29, 1.82) is 0 Å². The molecule has 0 heterocycles. The predicted molar refractivity (Wildman–Crippen MR) is 71.9 cm³/mol. The molecule has 2 nitrogen and oxygen atoms in total. The van der Waals surface area contributed by atoms with Crippen LogP contribution in [-0.4, -0.2) is 5.78 Å². The van der Waals surface area contributed by atoms with Crippen LogP contribution in [0.1, 0.15) is 28.4 Å². The van der Waals surface area contributed by atoms with Gasteiger partial charge in [0.2, 0.25) is 0 Å². The van der Waals surface area contributed by atoms with Gasteiger partial charge in [0, 0.05) is 0 Å². The highest BCUT2D eigenvalue weighted by Gasteiger charge is 2.08. The summed E-state index contributed by atoms with van der Waals surface area (Å²) in [5.41, 5.74) is 2.44. The lowest BCUT2D eigenvalue weighted by Gasteiger charge is -2.10. The number of carbonyl (C=O) groups excluding carboxylic acids is 1. The number of halogens is 1. The fraction of sp³-hybridized carbons (Fsp3) is 0.188. The number of aryl methyl sites for hydroxylation is 1. The van der Waals surface area contributed by atoms with Crippen molar-refractivity contribution >= 4 is 5.78 Å². The summed E-state index contributed by atoms with van der Waals surface area (Å²) in [4.78, 5) is 11.5. The number of rotatable bonds is 4. The molecule has 0 aliphatic heterocycles. The summed E-state index contributed by atoms with van der Waals surface area (Å²) >= 11 is 0. The molecule has 0 aliphatic carbocycles. The van der Waals surface area contributed by atoms with E-state index in [0.29, 0.717) is 17.9 Å². The van der Waals surface area contributed by atoms with Gasteiger partial charge < -0.3 is 4.74 Å². The van der Waals surface area contributed by atoms with Gasteiger partial charge in [0.1, 0.15) is 18.2 Å². The Bertz CT molecular complexity index is 588. The van der Waals surface area contributed by atoms with Gasteiger partial charge in [-0.15, -0.1) is 0 Å². The maximum absolute atomic E-state index is 12.8. The van der Waals surface area contributed by atoms with Gasteiger partial charge in [0.05, 0.1) is 5.56 Å². The number of carbonyl (C=O) groups is 1. The zero-order chi connectivity index (χ0) is 13.8. The highest BCUT2D eigenvalue weighted by Crippen LogP contribution is 2.21. The van der Waals surface area contributed by atoms with Crippen LogP contribution in [0, 0.1) is 12.7 Å². The molecule has 0 amide bonds. The smallest absolute Gasteiger partial charge is 0.163 e. The molecule has 0 bridgehead atoms. The van der Waals surface area contributed by atoms with E-state index in [1.165, 1.54) is 19.1 Å². The van der Waals surface area contributed by atoms with E-state index in [4.69, 9.17) is 4.74 Å². The standard InChI is InChI=1S/C16H15FO2/c1-11-3-8-16(15(9-11)12(2)18)19-10-13-4-6-14(17)7-5-13/h3-9H,10H2,1-2H3. The van der Waals surface area contributed by atoms with Gasteiger partial charge in [-0.3, -0.25) is 4.79 Å². The van der Waals surface area contributed by atoms with Crippen LogP contribution in [0.25, 0.3) is 0 Å². The quantitative estimate of drug-likeness (QED) is 0.777.